The fourth-order valence-electron chi connectivity index (χ4n) is 2.62. The van der Waals surface area contributed by atoms with Crippen LogP contribution in [-0.2, 0) is 13.0 Å². The van der Waals surface area contributed by atoms with Gasteiger partial charge in [-0.05, 0) is 25.8 Å². The molecule has 0 saturated carbocycles. The molecule has 7 heteroatoms. The molecule has 0 aliphatic carbocycles. The minimum Gasteiger partial charge on any atom is -0.389 e. The summed E-state index contributed by atoms with van der Waals surface area (Å²) in [5, 5.41) is 15.4. The summed E-state index contributed by atoms with van der Waals surface area (Å²) in [6, 6.07) is 11.5. The van der Waals surface area contributed by atoms with Crippen molar-refractivity contribution in [3.63, 3.8) is 0 Å². The Morgan fingerprint density at radius 1 is 1.28 bits per heavy atom. The maximum atomic E-state index is 12.2. The number of aromatic nitrogens is 3. The van der Waals surface area contributed by atoms with Crippen LogP contribution < -0.4 is 10.5 Å². The van der Waals surface area contributed by atoms with E-state index in [2.05, 4.69) is 10.1 Å². The molecule has 25 heavy (non-hydrogen) atoms. The maximum Gasteiger partial charge on any atom is 0.275 e. The van der Waals surface area contributed by atoms with Crippen LogP contribution in [0.25, 0.3) is 4.96 Å². The summed E-state index contributed by atoms with van der Waals surface area (Å²) in [6.45, 7) is 6.49. The van der Waals surface area contributed by atoms with Gasteiger partial charge in [-0.1, -0.05) is 48.6 Å². The van der Waals surface area contributed by atoms with E-state index in [1.807, 2.05) is 42.2 Å². The largest absolute Gasteiger partial charge is 0.389 e. The van der Waals surface area contributed by atoms with Crippen molar-refractivity contribution >= 4 is 21.4 Å². The molecule has 0 spiro atoms. The molecular formula is C18H22N4O2S. The molecule has 0 fully saturated rings. The SMILES string of the molecule is CCc1cc(=O)n2nc(N(Cc3ccccc3)CC(C)(C)O)sc2n1. The Bertz CT molecular complexity index is 912. The molecule has 0 atom stereocenters. The van der Waals surface area contributed by atoms with Gasteiger partial charge in [0.15, 0.2) is 0 Å². The topological polar surface area (TPSA) is 70.7 Å². The highest BCUT2D eigenvalue weighted by atomic mass is 32.1. The normalized spacial score (nSPS) is 11.8. The summed E-state index contributed by atoms with van der Waals surface area (Å²) in [7, 11) is 0. The number of hydrogen-bond donors (Lipinski definition) is 1. The van der Waals surface area contributed by atoms with Crippen LogP contribution in [0, 0.1) is 0 Å². The van der Waals surface area contributed by atoms with Crippen molar-refractivity contribution in [2.45, 2.75) is 39.3 Å². The quantitative estimate of drug-likeness (QED) is 0.733. The predicted molar refractivity (Wildman–Crippen MR) is 100 cm³/mol. The number of nitrogens with zero attached hydrogens (tertiary/aromatic N) is 4. The zero-order valence-corrected chi connectivity index (χ0v) is 15.5. The lowest BCUT2D eigenvalue weighted by Crippen LogP contribution is -2.38. The number of hydrogen-bond acceptors (Lipinski definition) is 6. The Morgan fingerprint density at radius 3 is 2.64 bits per heavy atom. The second-order valence-corrected chi connectivity index (χ2v) is 7.61. The molecule has 0 amide bonds. The molecular weight excluding hydrogens is 336 g/mol. The van der Waals surface area contributed by atoms with Gasteiger partial charge in [0, 0.05) is 24.8 Å². The van der Waals surface area contributed by atoms with Gasteiger partial charge in [-0.3, -0.25) is 4.79 Å². The Morgan fingerprint density at radius 2 is 2.00 bits per heavy atom. The minimum atomic E-state index is -0.889. The molecule has 3 rings (SSSR count). The van der Waals surface area contributed by atoms with Gasteiger partial charge in [0.05, 0.1) is 5.60 Å². The van der Waals surface area contributed by atoms with Gasteiger partial charge in [-0.2, -0.15) is 4.52 Å². The van der Waals surface area contributed by atoms with Crippen molar-refractivity contribution in [2.75, 3.05) is 11.4 Å². The van der Waals surface area contributed by atoms with E-state index in [1.165, 1.54) is 21.9 Å². The summed E-state index contributed by atoms with van der Waals surface area (Å²) in [4.78, 5) is 19.3. The average molecular weight is 358 g/mol. The lowest BCUT2D eigenvalue weighted by atomic mass is 10.1. The highest BCUT2D eigenvalue weighted by Gasteiger charge is 2.22. The summed E-state index contributed by atoms with van der Waals surface area (Å²) in [6.07, 6.45) is 0.705. The van der Waals surface area contributed by atoms with Gasteiger partial charge in [0.2, 0.25) is 10.1 Å². The van der Waals surface area contributed by atoms with Crippen LogP contribution in [0.2, 0.25) is 0 Å². The van der Waals surface area contributed by atoms with E-state index in [-0.39, 0.29) is 5.56 Å². The fourth-order valence-corrected chi connectivity index (χ4v) is 3.54. The van der Waals surface area contributed by atoms with E-state index in [0.29, 0.717) is 29.6 Å². The van der Waals surface area contributed by atoms with Crippen molar-refractivity contribution in [1.82, 2.24) is 14.6 Å². The maximum absolute atomic E-state index is 12.2. The minimum absolute atomic E-state index is 0.174. The van der Waals surface area contributed by atoms with Crippen molar-refractivity contribution in [2.24, 2.45) is 0 Å². The first kappa shape index (κ1) is 17.6. The highest BCUT2D eigenvalue weighted by Crippen LogP contribution is 2.25. The molecule has 1 aromatic carbocycles. The number of aryl methyl sites for hydroxylation is 1. The van der Waals surface area contributed by atoms with Crippen molar-refractivity contribution < 1.29 is 5.11 Å². The first-order valence-electron chi connectivity index (χ1n) is 8.27. The summed E-state index contributed by atoms with van der Waals surface area (Å²) in [5.74, 6) is 0. The third-order valence-electron chi connectivity index (χ3n) is 3.71. The summed E-state index contributed by atoms with van der Waals surface area (Å²) < 4.78 is 1.33. The van der Waals surface area contributed by atoms with E-state index in [9.17, 15) is 9.90 Å². The van der Waals surface area contributed by atoms with Gasteiger partial charge in [-0.15, -0.1) is 5.10 Å². The number of fused-ring (bicyclic) bond motifs is 1. The lowest BCUT2D eigenvalue weighted by molar-refractivity contribution is 0.0869. The van der Waals surface area contributed by atoms with Gasteiger partial charge in [0.25, 0.3) is 5.56 Å². The molecule has 0 aliphatic heterocycles. The van der Waals surface area contributed by atoms with Crippen LogP contribution in [0.15, 0.2) is 41.2 Å². The monoisotopic (exact) mass is 358 g/mol. The number of benzene rings is 1. The second kappa shape index (κ2) is 6.93. The van der Waals surface area contributed by atoms with E-state index in [4.69, 9.17) is 0 Å². The van der Waals surface area contributed by atoms with Crippen LogP contribution >= 0.6 is 11.3 Å². The van der Waals surface area contributed by atoms with E-state index in [0.717, 1.165) is 11.3 Å². The van der Waals surface area contributed by atoms with Crippen molar-refractivity contribution in [3.05, 3.63) is 58.0 Å². The molecule has 6 nitrogen and oxygen atoms in total. The third kappa shape index (κ3) is 4.24. The summed E-state index contributed by atoms with van der Waals surface area (Å²) in [5.41, 5.74) is 0.810. The Labute approximate surface area is 150 Å². The molecule has 0 unspecified atom stereocenters. The first-order valence-corrected chi connectivity index (χ1v) is 9.08. The Balaban J connectivity index is 2.01. The number of anilines is 1. The molecule has 3 aromatic rings. The third-order valence-corrected chi connectivity index (χ3v) is 4.68. The van der Waals surface area contributed by atoms with E-state index < -0.39 is 5.60 Å². The summed E-state index contributed by atoms with van der Waals surface area (Å²) >= 11 is 1.36. The molecule has 2 aromatic heterocycles. The molecule has 1 N–H and O–H groups in total. The predicted octanol–water partition coefficient (Wildman–Crippen LogP) is 2.49. The van der Waals surface area contributed by atoms with Crippen LogP contribution in [0.5, 0.6) is 0 Å². The Hall–Kier alpha value is -2.25. The molecule has 0 aliphatic rings. The van der Waals surface area contributed by atoms with Crippen LogP contribution in [0.4, 0.5) is 5.13 Å². The molecule has 0 bridgehead atoms. The lowest BCUT2D eigenvalue weighted by Gasteiger charge is -2.28. The fraction of sp³-hybridized carbons (Fsp3) is 0.389. The molecule has 0 radical (unpaired) electrons. The molecule has 0 saturated heterocycles. The zero-order valence-electron chi connectivity index (χ0n) is 14.6. The molecule has 132 valence electrons. The highest BCUT2D eigenvalue weighted by molar-refractivity contribution is 7.20. The van der Waals surface area contributed by atoms with Gasteiger partial charge >= 0.3 is 0 Å². The first-order chi connectivity index (χ1) is 11.9. The van der Waals surface area contributed by atoms with Crippen molar-refractivity contribution in [3.8, 4) is 0 Å². The number of rotatable bonds is 6. The van der Waals surface area contributed by atoms with Crippen LogP contribution in [-0.4, -0.2) is 31.9 Å². The van der Waals surface area contributed by atoms with Crippen LogP contribution in [0.1, 0.15) is 32.0 Å². The van der Waals surface area contributed by atoms with Gasteiger partial charge < -0.3 is 10.0 Å². The second-order valence-electron chi connectivity index (χ2n) is 6.67. The van der Waals surface area contributed by atoms with Gasteiger partial charge in [-0.25, -0.2) is 4.98 Å². The Kier molecular flexibility index (Phi) is 4.87. The van der Waals surface area contributed by atoms with E-state index >= 15 is 0 Å². The van der Waals surface area contributed by atoms with E-state index in [1.54, 1.807) is 13.8 Å². The molecule has 2 heterocycles. The smallest absolute Gasteiger partial charge is 0.275 e. The number of aliphatic hydroxyl groups is 1. The standard InChI is InChI=1S/C18H22N4O2S/c1-4-14-10-15(23)22-16(19-14)25-17(20-22)21(12-18(2,3)24)11-13-8-6-5-7-9-13/h5-10,24H,4,11-12H2,1-3H3. The van der Waals surface area contributed by atoms with Crippen molar-refractivity contribution in [1.29, 1.82) is 0 Å². The zero-order chi connectivity index (χ0) is 18.0. The van der Waals surface area contributed by atoms with Crippen LogP contribution in [0.3, 0.4) is 0 Å². The van der Waals surface area contributed by atoms with Gasteiger partial charge in [0.1, 0.15) is 0 Å². The average Bonchev–Trinajstić information content (AvgIpc) is 2.98.